The zero-order valence-electron chi connectivity index (χ0n) is 15.5. The van der Waals surface area contributed by atoms with Gasteiger partial charge in [0, 0.05) is 20.1 Å². The minimum atomic E-state index is -0.803. The summed E-state index contributed by atoms with van der Waals surface area (Å²) >= 11 is 6.54. The lowest BCUT2D eigenvalue weighted by Gasteiger charge is -2.11. The molecule has 0 aromatic heterocycles. The van der Waals surface area contributed by atoms with Crippen LogP contribution in [0.5, 0.6) is 0 Å². The molecule has 0 aliphatic carbocycles. The highest BCUT2D eigenvalue weighted by molar-refractivity contribution is 9.10. The zero-order chi connectivity index (χ0) is 21.4. The first-order valence-corrected chi connectivity index (χ1v) is 10.2. The van der Waals surface area contributed by atoms with Crippen molar-refractivity contribution in [2.45, 2.75) is 13.3 Å². The van der Waals surface area contributed by atoms with Crippen LogP contribution < -0.4 is 0 Å². The van der Waals surface area contributed by atoms with E-state index in [-0.39, 0.29) is 18.0 Å². The van der Waals surface area contributed by atoms with Crippen molar-refractivity contribution >= 4 is 55.4 Å². The summed E-state index contributed by atoms with van der Waals surface area (Å²) < 4.78 is 11.6. The van der Waals surface area contributed by atoms with E-state index in [1.807, 2.05) is 0 Å². The average molecular weight is 526 g/mol. The summed E-state index contributed by atoms with van der Waals surface area (Å²) in [7, 11) is 0. The Kier molecular flexibility index (Phi) is 8.72. The van der Waals surface area contributed by atoms with Gasteiger partial charge < -0.3 is 9.47 Å². The summed E-state index contributed by atoms with van der Waals surface area (Å²) in [6.07, 6.45) is -0.251. The van der Waals surface area contributed by atoms with Crippen LogP contribution in [0, 0.1) is 5.92 Å². The molecule has 152 valence electrons. The van der Waals surface area contributed by atoms with Gasteiger partial charge in [0.1, 0.15) is 0 Å². The fourth-order valence-electron chi connectivity index (χ4n) is 2.26. The van der Waals surface area contributed by atoms with Crippen molar-refractivity contribution in [3.63, 3.8) is 0 Å². The first kappa shape index (κ1) is 23.0. The molecule has 8 heteroatoms. The summed E-state index contributed by atoms with van der Waals surface area (Å²) in [4.78, 5) is 47.9. The molecular weight excluding hydrogens is 508 g/mol. The molecule has 0 spiro atoms. The molecule has 0 amide bonds. The van der Waals surface area contributed by atoms with Crippen LogP contribution in [0.3, 0.4) is 0 Å². The number of hydrogen-bond donors (Lipinski definition) is 0. The number of carbonyl (C=O) groups is 4. The molecule has 0 bridgehead atoms. The molecule has 0 aliphatic heterocycles. The van der Waals surface area contributed by atoms with Gasteiger partial charge in [-0.1, -0.05) is 63.0 Å². The number of esters is 2. The number of ketones is 2. The molecule has 0 heterocycles. The van der Waals surface area contributed by atoms with Crippen molar-refractivity contribution in [3.8, 4) is 0 Å². The normalized spacial score (nSPS) is 11.4. The molecule has 2 aromatic rings. The summed E-state index contributed by atoms with van der Waals surface area (Å²) in [6.45, 7) is 0.663. The smallest absolute Gasteiger partial charge is 0.309 e. The molecule has 0 unspecified atom stereocenters. The predicted molar refractivity (Wildman–Crippen MR) is 113 cm³/mol. The lowest BCUT2D eigenvalue weighted by molar-refractivity contribution is -0.153. The van der Waals surface area contributed by atoms with Crippen LogP contribution >= 0.6 is 31.9 Å². The highest BCUT2D eigenvalue weighted by Gasteiger charge is 2.21. The molecule has 0 N–H and O–H groups in total. The fourth-order valence-corrected chi connectivity index (χ4v) is 2.78. The van der Waals surface area contributed by atoms with Crippen LogP contribution in [0.1, 0.15) is 34.1 Å². The van der Waals surface area contributed by atoms with Gasteiger partial charge in [0.05, 0.1) is 12.3 Å². The maximum atomic E-state index is 12.0. The summed E-state index contributed by atoms with van der Waals surface area (Å²) in [5.74, 6) is -2.88. The number of benzene rings is 2. The second-order valence-corrected chi connectivity index (χ2v) is 8.07. The van der Waals surface area contributed by atoms with Crippen molar-refractivity contribution in [3.05, 3.63) is 68.6 Å². The Labute approximate surface area is 184 Å². The van der Waals surface area contributed by atoms with Crippen molar-refractivity contribution in [1.82, 2.24) is 0 Å². The summed E-state index contributed by atoms with van der Waals surface area (Å²) in [5.41, 5.74) is 0.833. The number of carbonyl (C=O) groups excluding carboxylic acids is 4. The van der Waals surface area contributed by atoms with Gasteiger partial charge in [0.2, 0.25) is 0 Å². The van der Waals surface area contributed by atoms with Crippen LogP contribution in [0.15, 0.2) is 57.5 Å². The average Bonchev–Trinajstić information content (AvgIpc) is 2.71. The van der Waals surface area contributed by atoms with Gasteiger partial charge >= 0.3 is 11.9 Å². The Hall–Kier alpha value is -2.32. The van der Waals surface area contributed by atoms with E-state index < -0.39 is 31.1 Å². The first-order chi connectivity index (χ1) is 13.8. The van der Waals surface area contributed by atoms with E-state index in [9.17, 15) is 19.2 Å². The molecule has 0 fully saturated rings. The highest BCUT2D eigenvalue weighted by atomic mass is 79.9. The van der Waals surface area contributed by atoms with Gasteiger partial charge in [0.15, 0.2) is 24.8 Å². The van der Waals surface area contributed by atoms with Gasteiger partial charge in [-0.3, -0.25) is 19.2 Å². The van der Waals surface area contributed by atoms with Gasteiger partial charge in [-0.2, -0.15) is 0 Å². The van der Waals surface area contributed by atoms with E-state index in [0.29, 0.717) is 11.1 Å². The van der Waals surface area contributed by atoms with Gasteiger partial charge in [-0.15, -0.1) is 0 Å². The van der Waals surface area contributed by atoms with Crippen molar-refractivity contribution in [1.29, 1.82) is 0 Å². The number of rotatable bonds is 9. The number of hydrogen-bond acceptors (Lipinski definition) is 6. The molecule has 1 atom stereocenters. The Balaban J connectivity index is 1.74. The molecule has 0 radical (unpaired) electrons. The lowest BCUT2D eigenvalue weighted by atomic mass is 10.1. The molecule has 2 rings (SSSR count). The number of ether oxygens (including phenoxy) is 2. The lowest BCUT2D eigenvalue weighted by Crippen LogP contribution is -2.23. The maximum absolute atomic E-state index is 12.0. The Bertz CT molecular complexity index is 890. The number of Topliss-reactive ketones (excluding diaryl/α,β-unsaturated/α-hetero) is 2. The topological polar surface area (TPSA) is 86.7 Å². The monoisotopic (exact) mass is 524 g/mol. The summed E-state index contributed by atoms with van der Waals surface area (Å²) in [6, 6.07) is 13.3. The summed E-state index contributed by atoms with van der Waals surface area (Å²) in [5, 5.41) is 0. The maximum Gasteiger partial charge on any atom is 0.309 e. The zero-order valence-corrected chi connectivity index (χ0v) is 18.7. The van der Waals surface area contributed by atoms with Crippen LogP contribution in [-0.2, 0) is 19.1 Å². The van der Waals surface area contributed by atoms with Gasteiger partial charge in [-0.25, -0.2) is 0 Å². The highest BCUT2D eigenvalue weighted by Crippen LogP contribution is 2.13. The van der Waals surface area contributed by atoms with E-state index >= 15 is 0 Å². The molecule has 0 saturated heterocycles. The minimum absolute atomic E-state index is 0.251. The fraction of sp³-hybridized carbons (Fsp3) is 0.238. The third kappa shape index (κ3) is 7.55. The molecule has 29 heavy (non-hydrogen) atoms. The second-order valence-electron chi connectivity index (χ2n) is 6.23. The quantitative estimate of drug-likeness (QED) is 0.356. The standard InChI is InChI=1S/C21H18Br2O6/c1-13(21(27)29-12-19(25)15-4-8-17(23)9-5-15)10-20(26)28-11-18(24)14-2-6-16(22)7-3-14/h2-9,13H,10-12H2,1H3/t13-/m1/s1. The second kappa shape index (κ2) is 11.0. The third-order valence-electron chi connectivity index (χ3n) is 3.92. The first-order valence-electron chi connectivity index (χ1n) is 8.66. The van der Waals surface area contributed by atoms with Crippen molar-refractivity contribution < 1.29 is 28.7 Å². The van der Waals surface area contributed by atoms with Gasteiger partial charge in [-0.05, 0) is 24.3 Å². The Morgan fingerprint density at radius 1 is 0.759 bits per heavy atom. The van der Waals surface area contributed by atoms with Gasteiger partial charge in [0.25, 0.3) is 0 Å². The van der Waals surface area contributed by atoms with E-state index in [1.54, 1.807) is 48.5 Å². The molecule has 6 nitrogen and oxygen atoms in total. The SMILES string of the molecule is C[C@H](CC(=O)OCC(=O)c1ccc(Br)cc1)C(=O)OCC(=O)c1ccc(Br)cc1. The largest absolute Gasteiger partial charge is 0.457 e. The van der Waals surface area contributed by atoms with Crippen LogP contribution in [0.4, 0.5) is 0 Å². The van der Waals surface area contributed by atoms with E-state index in [2.05, 4.69) is 31.9 Å². The Morgan fingerprint density at radius 3 is 1.62 bits per heavy atom. The van der Waals surface area contributed by atoms with Crippen LogP contribution in [0.2, 0.25) is 0 Å². The number of halogens is 2. The Morgan fingerprint density at radius 2 is 1.17 bits per heavy atom. The molecule has 0 saturated carbocycles. The molecule has 2 aromatic carbocycles. The van der Waals surface area contributed by atoms with Crippen molar-refractivity contribution in [2.75, 3.05) is 13.2 Å². The molecular formula is C21H18Br2O6. The minimum Gasteiger partial charge on any atom is -0.457 e. The van der Waals surface area contributed by atoms with E-state index in [0.717, 1.165) is 8.95 Å². The van der Waals surface area contributed by atoms with Crippen LogP contribution in [0.25, 0.3) is 0 Å². The predicted octanol–water partition coefficient (Wildman–Crippen LogP) is 4.39. The third-order valence-corrected chi connectivity index (χ3v) is 4.97. The van der Waals surface area contributed by atoms with Crippen molar-refractivity contribution in [2.24, 2.45) is 5.92 Å². The van der Waals surface area contributed by atoms with E-state index in [4.69, 9.17) is 9.47 Å². The van der Waals surface area contributed by atoms with E-state index in [1.165, 1.54) is 6.92 Å². The molecule has 0 aliphatic rings. The van der Waals surface area contributed by atoms with Crippen LogP contribution in [-0.4, -0.2) is 36.7 Å².